The van der Waals surface area contributed by atoms with E-state index in [4.69, 9.17) is 18.0 Å². The Kier molecular flexibility index (Phi) is 4.00. The smallest absolute Gasteiger partial charge is 0.230 e. The summed E-state index contributed by atoms with van der Waals surface area (Å²) in [4.78, 5) is 26.0. The van der Waals surface area contributed by atoms with E-state index in [1.54, 1.807) is 0 Å². The fourth-order valence-corrected chi connectivity index (χ4v) is 3.42. The Labute approximate surface area is 113 Å². The summed E-state index contributed by atoms with van der Waals surface area (Å²) in [5.41, 5.74) is 5.23. The Morgan fingerprint density at radius 3 is 1.94 bits per heavy atom. The number of piperidine rings is 1. The van der Waals surface area contributed by atoms with Gasteiger partial charge in [0.2, 0.25) is 11.8 Å². The van der Waals surface area contributed by atoms with Crippen molar-refractivity contribution in [2.24, 2.45) is 5.73 Å². The van der Waals surface area contributed by atoms with Crippen molar-refractivity contribution in [2.75, 3.05) is 0 Å². The van der Waals surface area contributed by atoms with E-state index in [1.807, 2.05) is 0 Å². The molecule has 0 aromatic carbocycles. The zero-order valence-corrected chi connectivity index (χ0v) is 11.4. The third kappa shape index (κ3) is 2.28. The van der Waals surface area contributed by atoms with Crippen molar-refractivity contribution in [2.45, 2.75) is 63.3 Å². The summed E-state index contributed by atoms with van der Waals surface area (Å²) in [6.07, 6.45) is 7.22. The number of nitrogens with zero attached hydrogens (tertiary/aromatic N) is 1. The maximum absolute atomic E-state index is 12.1. The van der Waals surface area contributed by atoms with Gasteiger partial charge in [0.25, 0.3) is 0 Å². The Morgan fingerprint density at radius 2 is 1.50 bits per heavy atom. The molecule has 1 heterocycles. The highest BCUT2D eigenvalue weighted by molar-refractivity contribution is 7.80. The first-order valence-corrected chi connectivity index (χ1v) is 7.14. The number of nitrogens with two attached hydrogens (primary N) is 1. The lowest BCUT2D eigenvalue weighted by Gasteiger charge is -2.43. The van der Waals surface area contributed by atoms with Gasteiger partial charge in [0.1, 0.15) is 5.54 Å². The lowest BCUT2D eigenvalue weighted by Crippen LogP contribution is -2.62. The van der Waals surface area contributed by atoms with E-state index in [0.717, 1.165) is 38.5 Å². The van der Waals surface area contributed by atoms with E-state index in [0.29, 0.717) is 24.3 Å². The average Bonchev–Trinajstić information content (AvgIpc) is 2.55. The van der Waals surface area contributed by atoms with Crippen molar-refractivity contribution in [3.8, 4) is 0 Å². The van der Waals surface area contributed by atoms with Gasteiger partial charge in [0.05, 0.1) is 4.99 Å². The molecule has 2 amide bonds. The highest BCUT2D eigenvalue weighted by atomic mass is 32.1. The lowest BCUT2D eigenvalue weighted by molar-refractivity contribution is -0.153. The molecule has 0 aromatic heterocycles. The third-order valence-electron chi connectivity index (χ3n) is 4.10. The minimum absolute atomic E-state index is 0.0963. The number of hydrogen-bond donors (Lipinski definition) is 1. The maximum atomic E-state index is 12.1. The van der Waals surface area contributed by atoms with Gasteiger partial charge in [-0.15, -0.1) is 0 Å². The number of carbonyl (C=O) groups is 2. The quantitative estimate of drug-likeness (QED) is 0.472. The molecule has 0 aromatic rings. The van der Waals surface area contributed by atoms with Crippen LogP contribution in [0.3, 0.4) is 0 Å². The second-order valence-corrected chi connectivity index (χ2v) is 5.73. The molecule has 2 fully saturated rings. The van der Waals surface area contributed by atoms with E-state index in [2.05, 4.69) is 0 Å². The molecule has 1 aliphatic heterocycles. The van der Waals surface area contributed by atoms with E-state index in [9.17, 15) is 9.59 Å². The van der Waals surface area contributed by atoms with Crippen molar-refractivity contribution in [1.29, 1.82) is 0 Å². The second kappa shape index (κ2) is 5.34. The molecule has 1 aliphatic carbocycles. The summed E-state index contributed by atoms with van der Waals surface area (Å²) in [5.74, 6) is -0.193. The van der Waals surface area contributed by atoms with Crippen LogP contribution in [-0.2, 0) is 9.59 Å². The highest BCUT2D eigenvalue weighted by Gasteiger charge is 2.46. The molecule has 5 heteroatoms. The first kappa shape index (κ1) is 13.5. The predicted molar refractivity (Wildman–Crippen MR) is 72.9 cm³/mol. The van der Waals surface area contributed by atoms with Crippen molar-refractivity contribution in [3.05, 3.63) is 0 Å². The molecule has 0 atom stereocenters. The molecule has 0 spiro atoms. The number of imide groups is 1. The fraction of sp³-hybridized carbons (Fsp3) is 0.769. The van der Waals surface area contributed by atoms with Crippen molar-refractivity contribution in [1.82, 2.24) is 4.90 Å². The van der Waals surface area contributed by atoms with Crippen LogP contribution in [0.1, 0.15) is 57.8 Å². The number of carbonyl (C=O) groups excluding carboxylic acids is 2. The van der Waals surface area contributed by atoms with E-state index in [1.165, 1.54) is 4.90 Å². The summed E-state index contributed by atoms with van der Waals surface area (Å²) in [6.45, 7) is 0. The van der Waals surface area contributed by atoms with E-state index >= 15 is 0 Å². The first-order chi connectivity index (χ1) is 8.58. The molecule has 1 saturated carbocycles. The zero-order valence-electron chi connectivity index (χ0n) is 10.6. The summed E-state index contributed by atoms with van der Waals surface area (Å²) in [7, 11) is 0. The van der Waals surface area contributed by atoms with Gasteiger partial charge in [0, 0.05) is 12.8 Å². The standard InChI is InChI=1S/C13H20N2O2S/c14-12(18)13(8-3-1-2-4-9-13)15-10(16)6-5-7-11(15)17/h1-9H2,(H2,14,18). The minimum atomic E-state index is -0.680. The normalized spacial score (nSPS) is 24.8. The molecule has 4 nitrogen and oxygen atoms in total. The molecule has 0 bridgehead atoms. The second-order valence-electron chi connectivity index (χ2n) is 5.29. The molecular formula is C13H20N2O2S. The largest absolute Gasteiger partial charge is 0.391 e. The first-order valence-electron chi connectivity index (χ1n) is 6.74. The molecule has 1 saturated heterocycles. The third-order valence-corrected chi connectivity index (χ3v) is 4.48. The molecule has 0 unspecified atom stereocenters. The van der Waals surface area contributed by atoms with Crippen molar-refractivity contribution in [3.63, 3.8) is 0 Å². The topological polar surface area (TPSA) is 63.4 Å². The highest BCUT2D eigenvalue weighted by Crippen LogP contribution is 2.35. The number of amides is 2. The summed E-state index contributed by atoms with van der Waals surface area (Å²) < 4.78 is 0. The monoisotopic (exact) mass is 268 g/mol. The van der Waals surface area contributed by atoms with Crippen LogP contribution in [0.5, 0.6) is 0 Å². The van der Waals surface area contributed by atoms with Crippen LogP contribution in [0.25, 0.3) is 0 Å². The fourth-order valence-electron chi connectivity index (χ4n) is 3.12. The average molecular weight is 268 g/mol. The molecule has 2 rings (SSSR count). The van der Waals surface area contributed by atoms with Crippen LogP contribution in [0.2, 0.25) is 0 Å². The van der Waals surface area contributed by atoms with Crippen LogP contribution < -0.4 is 5.73 Å². The van der Waals surface area contributed by atoms with Crippen LogP contribution in [0, 0.1) is 0 Å². The molecule has 100 valence electrons. The SMILES string of the molecule is NC(=S)C1(N2C(=O)CCCC2=O)CCCCCC1. The zero-order chi connectivity index (χ0) is 13.2. The van der Waals surface area contributed by atoms with Gasteiger partial charge in [-0.25, -0.2) is 0 Å². The maximum Gasteiger partial charge on any atom is 0.230 e. The predicted octanol–water partition coefficient (Wildman–Crippen LogP) is 1.90. The number of thiocarbonyl (C=S) groups is 1. The Morgan fingerprint density at radius 1 is 1.00 bits per heavy atom. The van der Waals surface area contributed by atoms with Gasteiger partial charge in [-0.2, -0.15) is 0 Å². The number of rotatable bonds is 2. The van der Waals surface area contributed by atoms with Gasteiger partial charge >= 0.3 is 0 Å². The minimum Gasteiger partial charge on any atom is -0.391 e. The Balaban J connectivity index is 2.35. The molecule has 0 radical (unpaired) electrons. The Bertz CT molecular complexity index is 357. The van der Waals surface area contributed by atoms with Gasteiger partial charge in [-0.1, -0.05) is 37.9 Å². The van der Waals surface area contributed by atoms with Gasteiger partial charge in [0.15, 0.2) is 0 Å². The molecule has 18 heavy (non-hydrogen) atoms. The van der Waals surface area contributed by atoms with Gasteiger partial charge < -0.3 is 5.73 Å². The summed E-state index contributed by atoms with van der Waals surface area (Å²) in [5, 5.41) is 0. The molecule has 2 aliphatic rings. The van der Waals surface area contributed by atoms with Crippen molar-refractivity contribution >= 4 is 29.0 Å². The summed E-state index contributed by atoms with van der Waals surface area (Å²) >= 11 is 5.21. The van der Waals surface area contributed by atoms with Gasteiger partial charge in [-0.05, 0) is 19.3 Å². The lowest BCUT2D eigenvalue weighted by atomic mass is 9.86. The van der Waals surface area contributed by atoms with E-state index < -0.39 is 5.54 Å². The van der Waals surface area contributed by atoms with E-state index in [-0.39, 0.29) is 11.8 Å². The van der Waals surface area contributed by atoms with Crippen LogP contribution >= 0.6 is 12.2 Å². The van der Waals surface area contributed by atoms with Gasteiger partial charge in [-0.3, -0.25) is 14.5 Å². The van der Waals surface area contributed by atoms with Crippen LogP contribution in [0.4, 0.5) is 0 Å². The summed E-state index contributed by atoms with van der Waals surface area (Å²) in [6, 6.07) is 0. The van der Waals surface area contributed by atoms with Crippen LogP contribution in [0.15, 0.2) is 0 Å². The van der Waals surface area contributed by atoms with Crippen molar-refractivity contribution < 1.29 is 9.59 Å². The number of hydrogen-bond acceptors (Lipinski definition) is 3. The number of likely N-dealkylation sites (tertiary alicyclic amines) is 1. The molecule has 2 N–H and O–H groups in total. The van der Waals surface area contributed by atoms with Crippen LogP contribution in [-0.4, -0.2) is 27.2 Å². The Hall–Kier alpha value is -0.970. The molecular weight excluding hydrogens is 248 g/mol.